The number of hydrogen-bond acceptors (Lipinski definition) is 2. The molecule has 0 saturated heterocycles. The molecule has 0 amide bonds. The van der Waals surface area contributed by atoms with Crippen molar-refractivity contribution in [2.75, 3.05) is 7.11 Å². The van der Waals surface area contributed by atoms with Gasteiger partial charge in [-0.05, 0) is 52.2 Å². The Bertz CT molecular complexity index is 1300. The Balaban J connectivity index is 0.00000205. The summed E-state index contributed by atoms with van der Waals surface area (Å²) in [6.45, 7) is 0. The number of para-hydroxylation sites is 1. The standard InChI is InChI=1S/C26H19NO.ClH/c1-28-22-14-13-19-15-21(12-11-20(19)16-22)26-17-24(18-7-3-2-4-8-18)23-9-5-6-10-25(23)27-26;/h2-17H,1H3;1H. The van der Waals surface area contributed by atoms with Gasteiger partial charge in [-0.25, -0.2) is 4.98 Å². The molecule has 1 heterocycles. The maximum absolute atomic E-state index is 5.34. The van der Waals surface area contributed by atoms with E-state index in [4.69, 9.17) is 9.72 Å². The summed E-state index contributed by atoms with van der Waals surface area (Å²) in [5, 5.41) is 3.50. The van der Waals surface area contributed by atoms with Crippen LogP contribution in [0.25, 0.3) is 44.1 Å². The maximum Gasteiger partial charge on any atom is 0.119 e. The molecule has 0 fully saturated rings. The number of nitrogens with zero attached hydrogens (tertiary/aromatic N) is 1. The second-order valence-corrected chi connectivity index (χ2v) is 6.87. The Labute approximate surface area is 176 Å². The quantitative estimate of drug-likeness (QED) is 0.322. The van der Waals surface area contributed by atoms with E-state index in [0.29, 0.717) is 0 Å². The molecule has 0 bridgehead atoms. The van der Waals surface area contributed by atoms with Crippen LogP contribution in [0.2, 0.25) is 0 Å². The number of ether oxygens (including phenoxy) is 1. The van der Waals surface area contributed by atoms with E-state index in [-0.39, 0.29) is 12.4 Å². The van der Waals surface area contributed by atoms with E-state index in [9.17, 15) is 0 Å². The van der Waals surface area contributed by atoms with Crippen LogP contribution in [0, 0.1) is 0 Å². The molecule has 0 radical (unpaired) electrons. The summed E-state index contributed by atoms with van der Waals surface area (Å²) >= 11 is 0. The molecule has 142 valence electrons. The lowest BCUT2D eigenvalue weighted by Gasteiger charge is -2.11. The maximum atomic E-state index is 5.34. The zero-order valence-electron chi connectivity index (χ0n) is 16.0. The number of halogens is 1. The fraction of sp³-hybridized carbons (Fsp3) is 0.0385. The van der Waals surface area contributed by atoms with Crippen molar-refractivity contribution in [1.82, 2.24) is 4.98 Å². The molecule has 0 aliphatic carbocycles. The monoisotopic (exact) mass is 397 g/mol. The highest BCUT2D eigenvalue weighted by Crippen LogP contribution is 2.33. The lowest BCUT2D eigenvalue weighted by atomic mass is 9.97. The van der Waals surface area contributed by atoms with Crippen molar-refractivity contribution in [2.24, 2.45) is 0 Å². The summed E-state index contributed by atoms with van der Waals surface area (Å²) in [5.41, 5.74) is 5.51. The van der Waals surface area contributed by atoms with Crippen molar-refractivity contribution in [3.05, 3.63) is 97.1 Å². The first-order chi connectivity index (χ1) is 13.8. The topological polar surface area (TPSA) is 22.1 Å². The average Bonchev–Trinajstić information content (AvgIpc) is 2.78. The van der Waals surface area contributed by atoms with Crippen LogP contribution in [-0.2, 0) is 0 Å². The molecule has 0 aliphatic heterocycles. The number of benzene rings is 4. The van der Waals surface area contributed by atoms with Crippen LogP contribution in [-0.4, -0.2) is 12.1 Å². The molecule has 0 aliphatic rings. The minimum absolute atomic E-state index is 0. The summed E-state index contributed by atoms with van der Waals surface area (Å²) < 4.78 is 5.34. The van der Waals surface area contributed by atoms with E-state index >= 15 is 0 Å². The van der Waals surface area contributed by atoms with Crippen molar-refractivity contribution < 1.29 is 4.74 Å². The smallest absolute Gasteiger partial charge is 0.119 e. The van der Waals surface area contributed by atoms with Gasteiger partial charge in [-0.15, -0.1) is 12.4 Å². The summed E-state index contributed by atoms with van der Waals surface area (Å²) in [4.78, 5) is 4.95. The first-order valence-electron chi connectivity index (χ1n) is 9.35. The first kappa shape index (κ1) is 19.0. The molecule has 5 rings (SSSR count). The van der Waals surface area contributed by atoms with Gasteiger partial charge in [-0.1, -0.05) is 66.7 Å². The van der Waals surface area contributed by atoms with Crippen LogP contribution in [0.3, 0.4) is 0 Å². The van der Waals surface area contributed by atoms with Gasteiger partial charge in [0.25, 0.3) is 0 Å². The highest BCUT2D eigenvalue weighted by molar-refractivity contribution is 5.97. The number of rotatable bonds is 3. The summed E-state index contributed by atoms with van der Waals surface area (Å²) in [7, 11) is 1.69. The van der Waals surface area contributed by atoms with Crippen molar-refractivity contribution >= 4 is 34.1 Å². The predicted octanol–water partition coefficient (Wildman–Crippen LogP) is 7.15. The molecule has 0 atom stereocenters. The first-order valence-corrected chi connectivity index (χ1v) is 9.35. The number of pyridine rings is 1. The van der Waals surface area contributed by atoms with Gasteiger partial charge in [0.2, 0.25) is 0 Å². The van der Waals surface area contributed by atoms with Crippen LogP contribution in [0.5, 0.6) is 5.75 Å². The Morgan fingerprint density at radius 1 is 0.655 bits per heavy atom. The molecule has 29 heavy (non-hydrogen) atoms. The van der Waals surface area contributed by atoms with Crippen LogP contribution in [0.1, 0.15) is 0 Å². The Hall–Kier alpha value is -3.36. The number of methoxy groups -OCH3 is 1. The largest absolute Gasteiger partial charge is 0.497 e. The molecule has 4 aromatic carbocycles. The van der Waals surface area contributed by atoms with Crippen molar-refractivity contribution in [3.8, 4) is 28.1 Å². The highest BCUT2D eigenvalue weighted by Gasteiger charge is 2.10. The van der Waals surface area contributed by atoms with E-state index in [2.05, 4.69) is 78.9 Å². The van der Waals surface area contributed by atoms with Gasteiger partial charge in [-0.3, -0.25) is 0 Å². The normalized spacial score (nSPS) is 10.7. The van der Waals surface area contributed by atoms with Gasteiger partial charge in [0, 0.05) is 10.9 Å². The van der Waals surface area contributed by atoms with E-state index < -0.39 is 0 Å². The van der Waals surface area contributed by atoms with Crippen LogP contribution in [0.4, 0.5) is 0 Å². The zero-order valence-corrected chi connectivity index (χ0v) is 16.8. The van der Waals surface area contributed by atoms with Gasteiger partial charge >= 0.3 is 0 Å². The third kappa shape index (κ3) is 3.55. The SMILES string of the molecule is COc1ccc2cc(-c3cc(-c4ccccc4)c4ccccc4n3)ccc2c1.Cl. The minimum atomic E-state index is 0. The third-order valence-electron chi connectivity index (χ3n) is 5.14. The second kappa shape index (κ2) is 7.94. The van der Waals surface area contributed by atoms with Crippen molar-refractivity contribution in [1.29, 1.82) is 0 Å². The van der Waals surface area contributed by atoms with Gasteiger partial charge in [0.15, 0.2) is 0 Å². The lowest BCUT2D eigenvalue weighted by Crippen LogP contribution is -1.90. The molecule has 5 aromatic rings. The molecule has 1 aromatic heterocycles. The molecule has 3 heteroatoms. The molecule has 2 nitrogen and oxygen atoms in total. The molecule has 0 unspecified atom stereocenters. The predicted molar refractivity (Wildman–Crippen MR) is 124 cm³/mol. The van der Waals surface area contributed by atoms with Crippen LogP contribution < -0.4 is 4.74 Å². The summed E-state index contributed by atoms with van der Waals surface area (Å²) in [6.07, 6.45) is 0. The Morgan fingerprint density at radius 3 is 2.21 bits per heavy atom. The van der Waals surface area contributed by atoms with Crippen LogP contribution in [0.15, 0.2) is 97.1 Å². The Morgan fingerprint density at radius 2 is 1.38 bits per heavy atom. The lowest BCUT2D eigenvalue weighted by molar-refractivity contribution is 0.415. The molecular weight excluding hydrogens is 378 g/mol. The second-order valence-electron chi connectivity index (χ2n) is 6.87. The number of hydrogen-bond donors (Lipinski definition) is 0. The summed E-state index contributed by atoms with van der Waals surface area (Å²) in [6, 6.07) is 33.6. The highest BCUT2D eigenvalue weighted by atomic mass is 35.5. The average molecular weight is 398 g/mol. The Kier molecular flexibility index (Phi) is 5.20. The number of fused-ring (bicyclic) bond motifs is 2. The number of aromatic nitrogens is 1. The van der Waals surface area contributed by atoms with E-state index in [0.717, 1.165) is 27.9 Å². The molecule has 0 spiro atoms. The molecule has 0 saturated carbocycles. The van der Waals surface area contributed by atoms with Crippen molar-refractivity contribution in [3.63, 3.8) is 0 Å². The van der Waals surface area contributed by atoms with Gasteiger partial charge < -0.3 is 4.74 Å². The van der Waals surface area contributed by atoms with E-state index in [1.54, 1.807) is 7.11 Å². The van der Waals surface area contributed by atoms with E-state index in [1.165, 1.54) is 21.9 Å². The molecular formula is C26H20ClNO. The summed E-state index contributed by atoms with van der Waals surface area (Å²) in [5.74, 6) is 0.871. The van der Waals surface area contributed by atoms with Gasteiger partial charge in [0.1, 0.15) is 5.75 Å². The third-order valence-corrected chi connectivity index (χ3v) is 5.14. The van der Waals surface area contributed by atoms with Gasteiger partial charge in [0.05, 0.1) is 18.3 Å². The van der Waals surface area contributed by atoms with Crippen molar-refractivity contribution in [2.45, 2.75) is 0 Å². The zero-order chi connectivity index (χ0) is 18.9. The fourth-order valence-corrected chi connectivity index (χ4v) is 3.69. The fourth-order valence-electron chi connectivity index (χ4n) is 3.69. The minimum Gasteiger partial charge on any atom is -0.497 e. The van der Waals surface area contributed by atoms with E-state index in [1.807, 2.05) is 18.2 Å². The van der Waals surface area contributed by atoms with Crippen LogP contribution >= 0.6 is 12.4 Å². The van der Waals surface area contributed by atoms with Gasteiger partial charge in [-0.2, -0.15) is 0 Å². The molecule has 0 N–H and O–H groups in total.